The van der Waals surface area contributed by atoms with Crippen molar-refractivity contribution in [3.63, 3.8) is 0 Å². The van der Waals surface area contributed by atoms with Crippen LogP contribution in [0.25, 0.3) is 77.5 Å². The predicted octanol–water partition coefficient (Wildman–Crippen LogP) is 16.2. The van der Waals surface area contributed by atoms with Crippen molar-refractivity contribution in [3.05, 3.63) is 167 Å². The van der Waals surface area contributed by atoms with E-state index in [1.54, 1.807) is 0 Å². The number of para-hydroxylation sites is 1. The Balaban J connectivity index is 1.11. The first kappa shape index (κ1) is 42.1. The second-order valence-electron chi connectivity index (χ2n) is 21.1. The summed E-state index contributed by atoms with van der Waals surface area (Å²) in [6.45, 7) is 26.9. The lowest BCUT2D eigenvalue weighted by Crippen LogP contribution is -2.12. The van der Waals surface area contributed by atoms with E-state index in [0.717, 1.165) is 66.4 Å². The van der Waals surface area contributed by atoms with Gasteiger partial charge in [-0.25, -0.2) is 9.67 Å². The number of aromatic nitrogens is 4. The second-order valence-corrected chi connectivity index (χ2v) is 21.1. The SMILES string of the molecule is Cc1cc(-n2c3cc(Oc4cc(-n5cc(-c6c(C)cc(C(C)(C)C)cc6C)cn5)cc5c4oc4ccccc45)ccc3c3ccc(C(C)(C)C)cc32)ncc1-c1cccc(C(C)(C)C)c1. The number of hydrogen-bond acceptors (Lipinski definition) is 4. The molecule has 10 rings (SSSR count). The van der Waals surface area contributed by atoms with Gasteiger partial charge in [0.1, 0.15) is 17.2 Å². The van der Waals surface area contributed by atoms with Crippen LogP contribution in [-0.2, 0) is 16.2 Å². The Morgan fingerprint density at radius 1 is 0.538 bits per heavy atom. The standard InChI is InChI=1S/C59H58N4O2/c1-35-26-54(60-33-49(35)38-16-15-17-40(27-38)57(4,5)6)63-50-28-41(58(7,8)9)20-22-45(50)46-23-21-44(31-51(46)63)64-53-30-43(29-48-47-18-13-14-19-52(47)65-56(48)53)62-34-39(32-61-62)55-36(2)24-42(25-37(55)3)59(10,11)12/h13-34H,1-12H3. The Labute approximate surface area is 382 Å². The average molecular weight is 855 g/mol. The normalized spacial score (nSPS) is 12.6. The van der Waals surface area contributed by atoms with Crippen molar-refractivity contribution in [2.75, 3.05) is 0 Å². The Kier molecular flexibility index (Phi) is 9.76. The Morgan fingerprint density at radius 2 is 1.22 bits per heavy atom. The molecule has 10 aromatic rings. The summed E-state index contributed by atoms with van der Waals surface area (Å²) in [6.07, 6.45) is 6.12. The largest absolute Gasteiger partial charge is 0.453 e. The van der Waals surface area contributed by atoms with E-state index in [2.05, 4.69) is 185 Å². The summed E-state index contributed by atoms with van der Waals surface area (Å²) in [4.78, 5) is 5.21. The van der Waals surface area contributed by atoms with Crippen LogP contribution in [0.1, 0.15) is 95.7 Å². The first-order chi connectivity index (χ1) is 30.8. The van der Waals surface area contributed by atoms with Gasteiger partial charge in [0.25, 0.3) is 0 Å². The van der Waals surface area contributed by atoms with Gasteiger partial charge in [-0.1, -0.05) is 129 Å². The molecule has 0 fully saturated rings. The fourth-order valence-corrected chi connectivity index (χ4v) is 9.46. The number of aryl methyl sites for hydroxylation is 3. The van der Waals surface area contributed by atoms with E-state index in [9.17, 15) is 0 Å². The number of furan rings is 1. The lowest BCUT2D eigenvalue weighted by molar-refractivity contribution is 0.476. The number of rotatable bonds is 6. The predicted molar refractivity (Wildman–Crippen MR) is 271 cm³/mol. The van der Waals surface area contributed by atoms with Gasteiger partial charge in [-0.15, -0.1) is 0 Å². The highest BCUT2D eigenvalue weighted by Gasteiger charge is 2.23. The third-order valence-electron chi connectivity index (χ3n) is 13.2. The van der Waals surface area contributed by atoms with E-state index in [1.807, 2.05) is 41.3 Å². The lowest BCUT2D eigenvalue weighted by Gasteiger charge is -2.22. The topological polar surface area (TPSA) is 58.0 Å². The van der Waals surface area contributed by atoms with Crippen molar-refractivity contribution in [2.45, 2.75) is 99.3 Å². The number of benzene rings is 6. The highest BCUT2D eigenvalue weighted by atomic mass is 16.5. The van der Waals surface area contributed by atoms with E-state index >= 15 is 0 Å². The van der Waals surface area contributed by atoms with E-state index in [-0.39, 0.29) is 16.2 Å². The molecule has 0 saturated carbocycles. The molecule has 4 heterocycles. The average Bonchev–Trinajstić information content (AvgIpc) is 3.97. The molecule has 0 bridgehead atoms. The van der Waals surface area contributed by atoms with Crippen LogP contribution >= 0.6 is 0 Å². The summed E-state index contributed by atoms with van der Waals surface area (Å²) >= 11 is 0. The molecule has 65 heavy (non-hydrogen) atoms. The number of fused-ring (bicyclic) bond motifs is 6. The summed E-state index contributed by atoms with van der Waals surface area (Å²) in [5, 5.41) is 9.21. The zero-order valence-corrected chi connectivity index (χ0v) is 39.8. The van der Waals surface area contributed by atoms with Gasteiger partial charge in [0, 0.05) is 57.2 Å². The lowest BCUT2D eigenvalue weighted by atomic mass is 9.83. The molecular weight excluding hydrogens is 797 g/mol. The third-order valence-corrected chi connectivity index (χ3v) is 13.2. The second kappa shape index (κ2) is 15.1. The zero-order valence-electron chi connectivity index (χ0n) is 39.8. The number of pyridine rings is 1. The molecule has 0 aliphatic rings. The van der Waals surface area contributed by atoms with Crippen LogP contribution < -0.4 is 4.74 Å². The van der Waals surface area contributed by atoms with Gasteiger partial charge in [0.2, 0.25) is 0 Å². The first-order valence-corrected chi connectivity index (χ1v) is 22.8. The Morgan fingerprint density at radius 3 is 1.92 bits per heavy atom. The molecule has 0 amide bonds. The van der Waals surface area contributed by atoms with Crippen molar-refractivity contribution in [3.8, 4) is 45.3 Å². The number of hydrogen-bond donors (Lipinski definition) is 0. The van der Waals surface area contributed by atoms with E-state index in [1.165, 1.54) is 38.9 Å². The van der Waals surface area contributed by atoms with Crippen molar-refractivity contribution in [2.24, 2.45) is 0 Å². The highest BCUT2D eigenvalue weighted by molar-refractivity contribution is 6.10. The fourth-order valence-electron chi connectivity index (χ4n) is 9.46. The van der Waals surface area contributed by atoms with Gasteiger partial charge in [-0.05, 0) is 118 Å². The van der Waals surface area contributed by atoms with Crippen LogP contribution in [-0.4, -0.2) is 19.3 Å². The molecule has 326 valence electrons. The highest BCUT2D eigenvalue weighted by Crippen LogP contribution is 2.42. The van der Waals surface area contributed by atoms with Crippen LogP contribution in [0.2, 0.25) is 0 Å². The maximum atomic E-state index is 7.00. The summed E-state index contributed by atoms with van der Waals surface area (Å²) in [7, 11) is 0. The summed E-state index contributed by atoms with van der Waals surface area (Å²) < 4.78 is 17.8. The molecule has 0 spiro atoms. The molecule has 0 aliphatic carbocycles. The minimum atomic E-state index is -0.0398. The van der Waals surface area contributed by atoms with Gasteiger partial charge < -0.3 is 9.15 Å². The quantitative estimate of drug-likeness (QED) is 0.167. The Bertz CT molecular complexity index is 3480. The molecule has 6 aromatic carbocycles. The van der Waals surface area contributed by atoms with E-state index in [4.69, 9.17) is 19.2 Å². The van der Waals surface area contributed by atoms with Crippen LogP contribution in [0.15, 0.2) is 138 Å². The van der Waals surface area contributed by atoms with Gasteiger partial charge in [0.15, 0.2) is 11.3 Å². The molecule has 0 radical (unpaired) electrons. The summed E-state index contributed by atoms with van der Waals surface area (Å²) in [5.41, 5.74) is 16.7. The van der Waals surface area contributed by atoms with Crippen LogP contribution in [0.4, 0.5) is 0 Å². The zero-order chi connectivity index (χ0) is 45.7. The fraction of sp³-hybridized carbons (Fsp3) is 0.254. The third kappa shape index (κ3) is 7.49. The van der Waals surface area contributed by atoms with Crippen molar-refractivity contribution >= 4 is 43.7 Å². The molecular formula is C59H58N4O2. The number of nitrogens with zero attached hydrogens (tertiary/aromatic N) is 4. The van der Waals surface area contributed by atoms with Crippen LogP contribution in [0.5, 0.6) is 11.5 Å². The molecule has 6 nitrogen and oxygen atoms in total. The Hall–Kier alpha value is -6.92. The van der Waals surface area contributed by atoms with E-state index < -0.39 is 0 Å². The van der Waals surface area contributed by atoms with Crippen molar-refractivity contribution < 1.29 is 9.15 Å². The van der Waals surface area contributed by atoms with E-state index in [0.29, 0.717) is 17.1 Å². The van der Waals surface area contributed by atoms with Gasteiger partial charge in [0.05, 0.1) is 22.9 Å². The maximum absolute atomic E-state index is 7.00. The van der Waals surface area contributed by atoms with Gasteiger partial charge >= 0.3 is 0 Å². The minimum Gasteiger partial charge on any atom is -0.453 e. The minimum absolute atomic E-state index is 0.0398. The molecule has 0 N–H and O–H groups in total. The van der Waals surface area contributed by atoms with Crippen molar-refractivity contribution in [1.29, 1.82) is 0 Å². The van der Waals surface area contributed by atoms with Crippen molar-refractivity contribution in [1.82, 2.24) is 19.3 Å². The molecule has 0 aliphatic heterocycles. The van der Waals surface area contributed by atoms with Gasteiger partial charge in [-0.2, -0.15) is 5.10 Å². The van der Waals surface area contributed by atoms with Crippen LogP contribution in [0.3, 0.4) is 0 Å². The number of ether oxygens (including phenoxy) is 1. The monoisotopic (exact) mass is 854 g/mol. The molecule has 0 saturated heterocycles. The maximum Gasteiger partial charge on any atom is 0.178 e. The molecule has 0 atom stereocenters. The molecule has 6 heteroatoms. The molecule has 4 aromatic heterocycles. The first-order valence-electron chi connectivity index (χ1n) is 22.8. The molecule has 0 unspecified atom stereocenters. The van der Waals surface area contributed by atoms with Crippen LogP contribution in [0, 0.1) is 20.8 Å². The summed E-state index contributed by atoms with van der Waals surface area (Å²) in [5.74, 6) is 2.16. The smallest absolute Gasteiger partial charge is 0.178 e. The van der Waals surface area contributed by atoms with Gasteiger partial charge in [-0.3, -0.25) is 4.57 Å². The summed E-state index contributed by atoms with van der Waals surface area (Å²) in [6, 6.07) is 41.3.